The number of nitrogens with one attached hydrogen (secondary N) is 2. The lowest BCUT2D eigenvalue weighted by molar-refractivity contribution is -0.124. The largest absolute Gasteiger partial charge is 0.488 e. The summed E-state index contributed by atoms with van der Waals surface area (Å²) in [5.74, 6) is -0.501. The van der Waals surface area contributed by atoms with Crippen LogP contribution in [-0.2, 0) is 16.2 Å². The average molecular weight is 498 g/mol. The first-order chi connectivity index (χ1) is 15.5. The van der Waals surface area contributed by atoms with Crippen LogP contribution in [0.25, 0.3) is 0 Å². The average Bonchev–Trinajstić information content (AvgIpc) is 2.80. The molecule has 0 aromatic heterocycles. The Labute approximate surface area is 193 Å². The Kier molecular flexibility index (Phi) is 8.51. The fourth-order valence-electron chi connectivity index (χ4n) is 2.67. The van der Waals surface area contributed by atoms with Crippen LogP contribution in [0.5, 0.6) is 5.75 Å². The van der Waals surface area contributed by atoms with E-state index in [0.29, 0.717) is 23.6 Å². The van der Waals surface area contributed by atoms with Gasteiger partial charge < -0.3 is 10.1 Å². The van der Waals surface area contributed by atoms with Crippen LogP contribution in [0.4, 0.5) is 10.1 Å². The molecule has 32 heavy (non-hydrogen) atoms. The molecule has 3 aromatic rings. The molecule has 0 aliphatic carbocycles. The van der Waals surface area contributed by atoms with Crippen molar-refractivity contribution >= 4 is 39.6 Å². The highest BCUT2D eigenvalue weighted by Gasteiger charge is 2.07. The zero-order chi connectivity index (χ0) is 22.8. The van der Waals surface area contributed by atoms with Crippen molar-refractivity contribution in [2.24, 2.45) is 5.10 Å². The van der Waals surface area contributed by atoms with Crippen LogP contribution in [0.1, 0.15) is 24.0 Å². The van der Waals surface area contributed by atoms with E-state index in [9.17, 15) is 14.0 Å². The van der Waals surface area contributed by atoms with E-state index in [1.54, 1.807) is 0 Å². The van der Waals surface area contributed by atoms with Crippen LogP contribution >= 0.6 is 15.9 Å². The number of carbonyl (C=O) groups is 2. The van der Waals surface area contributed by atoms with Gasteiger partial charge in [-0.25, -0.2) is 9.82 Å². The van der Waals surface area contributed by atoms with Crippen LogP contribution in [0, 0.1) is 5.82 Å². The second kappa shape index (κ2) is 11.8. The van der Waals surface area contributed by atoms with Crippen molar-refractivity contribution in [3.05, 3.63) is 94.2 Å². The number of hydrazone groups is 1. The molecule has 3 aromatic carbocycles. The Morgan fingerprint density at radius 1 is 0.938 bits per heavy atom. The van der Waals surface area contributed by atoms with E-state index in [4.69, 9.17) is 4.74 Å². The maximum absolute atomic E-state index is 12.9. The number of hydrogen-bond donors (Lipinski definition) is 2. The molecule has 0 fully saturated rings. The summed E-state index contributed by atoms with van der Waals surface area (Å²) in [6.45, 7) is 0.396. The summed E-state index contributed by atoms with van der Waals surface area (Å²) < 4.78 is 19.8. The Morgan fingerprint density at radius 2 is 1.62 bits per heavy atom. The summed E-state index contributed by atoms with van der Waals surface area (Å²) >= 11 is 3.40. The summed E-state index contributed by atoms with van der Waals surface area (Å²) in [5, 5.41) is 6.56. The highest BCUT2D eigenvalue weighted by molar-refractivity contribution is 9.10. The normalized spacial score (nSPS) is 10.7. The lowest BCUT2D eigenvalue weighted by Crippen LogP contribution is -2.20. The number of hydrogen-bond acceptors (Lipinski definition) is 4. The molecule has 2 N–H and O–H groups in total. The molecule has 0 heterocycles. The van der Waals surface area contributed by atoms with Gasteiger partial charge in [-0.2, -0.15) is 5.10 Å². The molecule has 0 saturated carbocycles. The molecule has 0 spiro atoms. The van der Waals surface area contributed by atoms with Crippen molar-refractivity contribution < 1.29 is 18.7 Å². The topological polar surface area (TPSA) is 79.8 Å². The first-order valence-electron chi connectivity index (χ1n) is 9.83. The van der Waals surface area contributed by atoms with Gasteiger partial charge in [0.1, 0.15) is 18.2 Å². The van der Waals surface area contributed by atoms with Crippen molar-refractivity contribution in [2.45, 2.75) is 19.4 Å². The number of rotatable bonds is 9. The van der Waals surface area contributed by atoms with Crippen LogP contribution < -0.4 is 15.5 Å². The standard InChI is InChI=1S/C24H21BrFN3O3/c25-19-7-5-17(6-8-19)16-32-22-4-2-1-3-18(22)15-27-29-24(31)14-13-23(30)28-21-11-9-20(26)10-12-21/h1-12,15H,13-14,16H2,(H,28,30)(H,29,31). The zero-order valence-corrected chi connectivity index (χ0v) is 18.6. The molecular weight excluding hydrogens is 477 g/mol. The van der Waals surface area contributed by atoms with Crippen molar-refractivity contribution in [3.63, 3.8) is 0 Å². The van der Waals surface area contributed by atoms with Gasteiger partial charge in [-0.1, -0.05) is 40.2 Å². The van der Waals surface area contributed by atoms with Gasteiger partial charge in [-0.3, -0.25) is 9.59 Å². The van der Waals surface area contributed by atoms with Gasteiger partial charge in [0, 0.05) is 28.6 Å². The number of para-hydroxylation sites is 1. The lowest BCUT2D eigenvalue weighted by atomic mass is 10.2. The minimum Gasteiger partial charge on any atom is -0.488 e. The van der Waals surface area contributed by atoms with E-state index < -0.39 is 5.91 Å². The van der Waals surface area contributed by atoms with Crippen molar-refractivity contribution in [1.82, 2.24) is 5.43 Å². The molecule has 0 aliphatic heterocycles. The first kappa shape index (κ1) is 23.1. The molecule has 6 nitrogen and oxygen atoms in total. The number of amides is 2. The Bertz CT molecular complexity index is 1090. The molecule has 0 bridgehead atoms. The molecular formula is C24H21BrFN3O3. The van der Waals surface area contributed by atoms with E-state index in [1.807, 2.05) is 48.5 Å². The third kappa shape index (κ3) is 7.63. The Hall–Kier alpha value is -3.52. The molecule has 8 heteroatoms. The van der Waals surface area contributed by atoms with E-state index in [-0.39, 0.29) is 24.6 Å². The van der Waals surface area contributed by atoms with E-state index in [0.717, 1.165) is 10.0 Å². The van der Waals surface area contributed by atoms with Gasteiger partial charge in [-0.05, 0) is 54.1 Å². The molecule has 2 amide bonds. The van der Waals surface area contributed by atoms with E-state index in [2.05, 4.69) is 31.8 Å². The highest BCUT2D eigenvalue weighted by atomic mass is 79.9. The highest BCUT2D eigenvalue weighted by Crippen LogP contribution is 2.18. The number of nitrogens with zero attached hydrogens (tertiary/aromatic N) is 1. The molecule has 0 radical (unpaired) electrons. The fourth-order valence-corrected chi connectivity index (χ4v) is 2.94. The maximum Gasteiger partial charge on any atom is 0.240 e. The number of benzene rings is 3. The summed E-state index contributed by atoms with van der Waals surface area (Å²) in [7, 11) is 0. The predicted octanol–water partition coefficient (Wildman–Crippen LogP) is 5.04. The number of ether oxygens (including phenoxy) is 1. The van der Waals surface area contributed by atoms with E-state index in [1.165, 1.54) is 30.5 Å². The molecule has 0 aliphatic rings. The van der Waals surface area contributed by atoms with Crippen molar-refractivity contribution in [2.75, 3.05) is 5.32 Å². The second-order valence-corrected chi connectivity index (χ2v) is 7.72. The van der Waals surface area contributed by atoms with Gasteiger partial charge >= 0.3 is 0 Å². The minimum absolute atomic E-state index is 0.0222. The predicted molar refractivity (Wildman–Crippen MR) is 125 cm³/mol. The third-order valence-electron chi connectivity index (χ3n) is 4.33. The summed E-state index contributed by atoms with van der Waals surface area (Å²) in [4.78, 5) is 23.9. The molecule has 3 rings (SSSR count). The van der Waals surface area contributed by atoms with Crippen LogP contribution in [0.2, 0.25) is 0 Å². The van der Waals surface area contributed by atoms with Gasteiger partial charge in [-0.15, -0.1) is 0 Å². The van der Waals surface area contributed by atoms with Crippen LogP contribution in [0.3, 0.4) is 0 Å². The van der Waals surface area contributed by atoms with E-state index >= 15 is 0 Å². The maximum atomic E-state index is 12.9. The zero-order valence-electron chi connectivity index (χ0n) is 17.1. The monoisotopic (exact) mass is 497 g/mol. The number of anilines is 1. The smallest absolute Gasteiger partial charge is 0.240 e. The third-order valence-corrected chi connectivity index (χ3v) is 4.86. The molecule has 0 unspecified atom stereocenters. The Morgan fingerprint density at radius 3 is 2.38 bits per heavy atom. The summed E-state index contributed by atoms with van der Waals surface area (Å²) in [6.07, 6.45) is 1.44. The quantitative estimate of drug-likeness (QED) is 0.321. The fraction of sp³-hybridized carbons (Fsp3) is 0.125. The van der Waals surface area contributed by atoms with Gasteiger partial charge in [0.2, 0.25) is 11.8 Å². The first-order valence-corrected chi connectivity index (χ1v) is 10.6. The lowest BCUT2D eigenvalue weighted by Gasteiger charge is -2.09. The second-order valence-electron chi connectivity index (χ2n) is 6.80. The van der Waals surface area contributed by atoms with Crippen LogP contribution in [0.15, 0.2) is 82.4 Å². The van der Waals surface area contributed by atoms with Crippen LogP contribution in [-0.4, -0.2) is 18.0 Å². The molecule has 164 valence electrons. The minimum atomic E-state index is -0.399. The number of halogens is 2. The van der Waals surface area contributed by atoms with Crippen molar-refractivity contribution in [3.8, 4) is 5.75 Å². The van der Waals surface area contributed by atoms with Crippen molar-refractivity contribution in [1.29, 1.82) is 0 Å². The van der Waals surface area contributed by atoms with Gasteiger partial charge in [0.15, 0.2) is 0 Å². The summed E-state index contributed by atoms with van der Waals surface area (Å²) in [5.41, 5.74) is 4.60. The number of carbonyl (C=O) groups excluding carboxylic acids is 2. The molecule has 0 saturated heterocycles. The summed E-state index contributed by atoms with van der Waals surface area (Å²) in [6, 6.07) is 20.6. The SMILES string of the molecule is O=C(CCC(=O)Nc1ccc(F)cc1)NN=Cc1ccccc1OCc1ccc(Br)cc1. The van der Waals surface area contributed by atoms with Gasteiger partial charge in [0.25, 0.3) is 0 Å². The van der Waals surface area contributed by atoms with Gasteiger partial charge in [0.05, 0.1) is 6.21 Å². The Balaban J connectivity index is 1.45. The molecule has 0 atom stereocenters.